The van der Waals surface area contributed by atoms with Crippen LogP contribution in [-0.2, 0) is 14.3 Å². The molecule has 0 bridgehead atoms. The van der Waals surface area contributed by atoms with Gasteiger partial charge in [0, 0.05) is 12.0 Å². The number of carboxylic acids is 1. The third-order valence-electron chi connectivity index (χ3n) is 5.87. The Bertz CT molecular complexity index is 1150. The van der Waals surface area contributed by atoms with Gasteiger partial charge in [-0.1, -0.05) is 78.9 Å². The smallest absolute Gasteiger partial charge is 0.408 e. The lowest BCUT2D eigenvalue weighted by Crippen LogP contribution is -2.44. The van der Waals surface area contributed by atoms with E-state index in [9.17, 15) is 14.4 Å². The molecule has 3 aromatic carbocycles. The molecule has 0 heterocycles. The first kappa shape index (κ1) is 23.0. The number of carbonyl (C=O) groups excluding carboxylic acids is 2. The summed E-state index contributed by atoms with van der Waals surface area (Å²) in [7, 11) is 0. The number of ether oxygens (including phenoxy) is 1. The largest absolute Gasteiger partial charge is 0.481 e. The third-order valence-corrected chi connectivity index (χ3v) is 5.87. The number of alkyl carbamates (subject to hydrolysis) is 1. The standard InChI is InChI=1S/C27H26N2O5/c1-17(15-24(30)31)28-26(32)25(18-9-3-2-4-10-18)29-27(33)34-16-23-21-13-7-5-11-19(21)20-12-6-8-14-22(20)23/h2-14,17,23,25H,15-16H2,1H3,(H,28,32)(H,29,33)(H,30,31)/t17?,25-/m1/s1. The van der Waals surface area contributed by atoms with Crippen LogP contribution in [0.3, 0.4) is 0 Å². The number of benzene rings is 3. The molecule has 0 saturated carbocycles. The molecule has 0 spiro atoms. The van der Waals surface area contributed by atoms with Gasteiger partial charge in [-0.2, -0.15) is 0 Å². The second-order valence-corrected chi connectivity index (χ2v) is 8.32. The van der Waals surface area contributed by atoms with Crippen molar-refractivity contribution < 1.29 is 24.2 Å². The van der Waals surface area contributed by atoms with E-state index in [0.717, 1.165) is 22.3 Å². The van der Waals surface area contributed by atoms with Crippen molar-refractivity contribution >= 4 is 18.0 Å². The van der Waals surface area contributed by atoms with E-state index in [1.54, 1.807) is 37.3 Å². The number of hydrogen-bond donors (Lipinski definition) is 3. The van der Waals surface area contributed by atoms with Gasteiger partial charge in [0.15, 0.2) is 0 Å². The minimum Gasteiger partial charge on any atom is -0.481 e. The van der Waals surface area contributed by atoms with E-state index in [0.29, 0.717) is 5.56 Å². The van der Waals surface area contributed by atoms with E-state index in [2.05, 4.69) is 22.8 Å². The van der Waals surface area contributed by atoms with Gasteiger partial charge >= 0.3 is 12.1 Å². The van der Waals surface area contributed by atoms with Crippen LogP contribution in [-0.4, -0.2) is 35.7 Å². The average molecular weight is 459 g/mol. The van der Waals surface area contributed by atoms with Crippen molar-refractivity contribution in [2.24, 2.45) is 0 Å². The van der Waals surface area contributed by atoms with Crippen molar-refractivity contribution in [3.05, 3.63) is 95.6 Å². The van der Waals surface area contributed by atoms with Crippen LogP contribution in [0.15, 0.2) is 78.9 Å². The van der Waals surface area contributed by atoms with Crippen LogP contribution in [0, 0.1) is 0 Å². The summed E-state index contributed by atoms with van der Waals surface area (Å²) in [6.07, 6.45) is -0.949. The molecule has 34 heavy (non-hydrogen) atoms. The number of carboxylic acid groups (broad SMARTS) is 1. The van der Waals surface area contributed by atoms with Crippen LogP contribution >= 0.6 is 0 Å². The summed E-state index contributed by atoms with van der Waals surface area (Å²) >= 11 is 0. The van der Waals surface area contributed by atoms with Gasteiger partial charge in [-0.15, -0.1) is 0 Å². The van der Waals surface area contributed by atoms with Crippen molar-refractivity contribution in [1.29, 1.82) is 0 Å². The van der Waals surface area contributed by atoms with E-state index in [1.807, 2.05) is 36.4 Å². The Balaban J connectivity index is 1.46. The van der Waals surface area contributed by atoms with Crippen molar-refractivity contribution in [3.63, 3.8) is 0 Å². The highest BCUT2D eigenvalue weighted by Gasteiger charge is 2.30. The van der Waals surface area contributed by atoms with E-state index in [1.165, 1.54) is 0 Å². The first-order valence-corrected chi connectivity index (χ1v) is 11.1. The van der Waals surface area contributed by atoms with E-state index in [-0.39, 0.29) is 18.9 Å². The van der Waals surface area contributed by atoms with E-state index < -0.39 is 30.1 Å². The summed E-state index contributed by atoms with van der Waals surface area (Å²) in [4.78, 5) is 36.6. The molecule has 3 N–H and O–H groups in total. The fourth-order valence-corrected chi connectivity index (χ4v) is 4.34. The summed E-state index contributed by atoms with van der Waals surface area (Å²) in [6.45, 7) is 1.72. The Morgan fingerprint density at radius 1 is 0.853 bits per heavy atom. The zero-order valence-electron chi connectivity index (χ0n) is 18.7. The molecule has 7 nitrogen and oxygen atoms in total. The summed E-state index contributed by atoms with van der Waals surface area (Å²) in [5, 5.41) is 14.3. The van der Waals surface area contributed by atoms with E-state index >= 15 is 0 Å². The summed E-state index contributed by atoms with van der Waals surface area (Å²) in [5.41, 5.74) is 5.01. The second kappa shape index (κ2) is 10.2. The lowest BCUT2D eigenvalue weighted by molar-refractivity contribution is -0.137. The maximum atomic E-state index is 12.9. The molecule has 0 saturated heterocycles. The Kier molecular flexibility index (Phi) is 6.92. The zero-order valence-corrected chi connectivity index (χ0v) is 18.7. The molecular weight excluding hydrogens is 432 g/mol. The monoisotopic (exact) mass is 458 g/mol. The van der Waals surface area contributed by atoms with Crippen LogP contribution in [0.1, 0.15) is 42.0 Å². The van der Waals surface area contributed by atoms with Crippen LogP contribution in [0.4, 0.5) is 4.79 Å². The molecule has 1 aliphatic carbocycles. The first-order valence-electron chi connectivity index (χ1n) is 11.1. The summed E-state index contributed by atoms with van der Waals surface area (Å²) < 4.78 is 5.59. The molecule has 1 unspecified atom stereocenters. The van der Waals surface area contributed by atoms with Gasteiger partial charge in [0.1, 0.15) is 12.6 Å². The quantitative estimate of drug-likeness (QED) is 0.468. The fraction of sp³-hybridized carbons (Fsp3) is 0.222. The van der Waals surface area contributed by atoms with Gasteiger partial charge in [-0.3, -0.25) is 9.59 Å². The number of hydrogen-bond acceptors (Lipinski definition) is 4. The highest BCUT2D eigenvalue weighted by Crippen LogP contribution is 2.44. The Morgan fingerprint density at radius 3 is 2.00 bits per heavy atom. The number of aliphatic carboxylic acids is 1. The van der Waals surface area contributed by atoms with Crippen molar-refractivity contribution in [3.8, 4) is 11.1 Å². The third kappa shape index (κ3) is 5.09. The minimum atomic E-state index is -1.02. The number of carbonyl (C=O) groups is 3. The van der Waals surface area contributed by atoms with Crippen molar-refractivity contribution in [1.82, 2.24) is 10.6 Å². The average Bonchev–Trinajstić information content (AvgIpc) is 3.15. The lowest BCUT2D eigenvalue weighted by atomic mass is 9.98. The highest BCUT2D eigenvalue weighted by molar-refractivity contribution is 5.87. The number of rotatable bonds is 8. The fourth-order valence-electron chi connectivity index (χ4n) is 4.34. The molecular formula is C27H26N2O5. The maximum Gasteiger partial charge on any atom is 0.408 e. The lowest BCUT2D eigenvalue weighted by Gasteiger charge is -2.22. The molecule has 1 aliphatic rings. The Hall–Kier alpha value is -4.13. The SMILES string of the molecule is CC(CC(=O)O)NC(=O)[C@H](NC(=O)OCC1c2ccccc2-c2ccccc21)c1ccccc1. The molecule has 2 atom stereocenters. The minimum absolute atomic E-state index is 0.0993. The molecule has 0 fully saturated rings. The van der Waals surface area contributed by atoms with Crippen molar-refractivity contribution in [2.75, 3.05) is 6.61 Å². The van der Waals surface area contributed by atoms with Crippen LogP contribution in [0.25, 0.3) is 11.1 Å². The number of fused-ring (bicyclic) bond motifs is 3. The van der Waals surface area contributed by atoms with Gasteiger partial charge in [-0.05, 0) is 34.7 Å². The van der Waals surface area contributed by atoms with Crippen LogP contribution in [0.5, 0.6) is 0 Å². The predicted octanol–water partition coefficient (Wildman–Crippen LogP) is 4.25. The van der Waals surface area contributed by atoms with Gasteiger partial charge in [0.25, 0.3) is 0 Å². The molecule has 174 valence electrons. The molecule has 0 aromatic heterocycles. The topological polar surface area (TPSA) is 105 Å². The van der Waals surface area contributed by atoms with Gasteiger partial charge < -0.3 is 20.5 Å². The highest BCUT2D eigenvalue weighted by atomic mass is 16.5. The maximum absolute atomic E-state index is 12.9. The Labute approximate surface area is 197 Å². The molecule has 7 heteroatoms. The van der Waals surface area contributed by atoms with Crippen LogP contribution < -0.4 is 10.6 Å². The number of amides is 2. The molecule has 4 rings (SSSR count). The predicted molar refractivity (Wildman–Crippen MR) is 127 cm³/mol. The molecule has 3 aromatic rings. The van der Waals surface area contributed by atoms with Crippen molar-refractivity contribution in [2.45, 2.75) is 31.3 Å². The Morgan fingerprint density at radius 2 is 1.41 bits per heavy atom. The molecule has 2 amide bonds. The van der Waals surface area contributed by atoms with Gasteiger partial charge in [-0.25, -0.2) is 4.79 Å². The van der Waals surface area contributed by atoms with Gasteiger partial charge in [0.2, 0.25) is 5.91 Å². The molecule has 0 aliphatic heterocycles. The normalized spacial score (nSPS) is 13.8. The summed E-state index contributed by atoms with van der Waals surface area (Å²) in [5.74, 6) is -1.63. The summed E-state index contributed by atoms with van der Waals surface area (Å²) in [6, 6.07) is 23.2. The van der Waals surface area contributed by atoms with Gasteiger partial charge in [0.05, 0.1) is 6.42 Å². The number of nitrogens with one attached hydrogen (secondary N) is 2. The zero-order chi connectivity index (χ0) is 24.1. The van der Waals surface area contributed by atoms with Crippen LogP contribution in [0.2, 0.25) is 0 Å². The van der Waals surface area contributed by atoms with E-state index in [4.69, 9.17) is 9.84 Å². The first-order chi connectivity index (χ1) is 16.4. The molecule has 0 radical (unpaired) electrons. The second-order valence-electron chi connectivity index (χ2n) is 8.32.